The summed E-state index contributed by atoms with van der Waals surface area (Å²) in [5, 5.41) is 36.1. The average Bonchev–Trinajstić information content (AvgIpc) is 2.21. The first kappa shape index (κ1) is 15.5. The molecule has 3 atom stereocenters. The molecule has 16 heavy (non-hydrogen) atoms. The number of aliphatic hydroxyl groups excluding tert-OH is 4. The normalized spacial score (nSPS) is 17.9. The molecule has 0 saturated carbocycles. The minimum Gasteiger partial charge on any atom is -0.394 e. The van der Waals surface area contributed by atoms with Gasteiger partial charge in [-0.3, -0.25) is 4.79 Å². The standard InChI is InChI=1S/C10H20O6/c1-10(2,3)16-5-7(13)9(15)8(14)6(12)4-11/h6-8,11-14H,4-5H2,1-3H3. The van der Waals surface area contributed by atoms with Crippen LogP contribution in [0.25, 0.3) is 0 Å². The lowest BCUT2D eigenvalue weighted by atomic mass is 10.1. The van der Waals surface area contributed by atoms with Crippen molar-refractivity contribution in [2.75, 3.05) is 13.2 Å². The van der Waals surface area contributed by atoms with Crippen molar-refractivity contribution >= 4 is 5.78 Å². The van der Waals surface area contributed by atoms with Gasteiger partial charge in [0, 0.05) is 0 Å². The van der Waals surface area contributed by atoms with Gasteiger partial charge in [0.25, 0.3) is 0 Å². The van der Waals surface area contributed by atoms with Crippen LogP contribution in [-0.2, 0) is 9.53 Å². The second kappa shape index (κ2) is 6.27. The second-order valence-electron chi connectivity index (χ2n) is 4.54. The minimum atomic E-state index is -1.80. The van der Waals surface area contributed by atoms with E-state index >= 15 is 0 Å². The van der Waals surface area contributed by atoms with Crippen LogP contribution in [0.4, 0.5) is 0 Å². The maximum atomic E-state index is 11.3. The largest absolute Gasteiger partial charge is 0.394 e. The van der Waals surface area contributed by atoms with Crippen molar-refractivity contribution in [3.8, 4) is 0 Å². The number of aliphatic hydroxyl groups is 4. The van der Waals surface area contributed by atoms with Gasteiger partial charge in [-0.1, -0.05) is 0 Å². The zero-order valence-corrected chi connectivity index (χ0v) is 9.75. The molecule has 0 aromatic carbocycles. The van der Waals surface area contributed by atoms with Gasteiger partial charge in [-0.15, -0.1) is 0 Å². The van der Waals surface area contributed by atoms with Crippen LogP contribution in [-0.4, -0.2) is 63.3 Å². The molecule has 0 bridgehead atoms. The third kappa shape index (κ3) is 5.53. The van der Waals surface area contributed by atoms with Crippen LogP contribution in [0.3, 0.4) is 0 Å². The summed E-state index contributed by atoms with van der Waals surface area (Å²) >= 11 is 0. The predicted molar refractivity (Wildman–Crippen MR) is 55.8 cm³/mol. The van der Waals surface area contributed by atoms with E-state index in [0.717, 1.165) is 0 Å². The Hall–Kier alpha value is -0.530. The number of ether oxygens (including phenoxy) is 1. The molecular formula is C10H20O6. The number of ketones is 1. The Labute approximate surface area is 94.5 Å². The first-order valence-electron chi connectivity index (χ1n) is 5.01. The summed E-state index contributed by atoms with van der Waals surface area (Å²) in [6.45, 7) is 4.24. The summed E-state index contributed by atoms with van der Waals surface area (Å²) in [6.07, 6.45) is -4.91. The van der Waals surface area contributed by atoms with E-state index in [1.807, 2.05) is 0 Å². The van der Waals surface area contributed by atoms with Crippen LogP contribution in [0.1, 0.15) is 20.8 Å². The van der Waals surface area contributed by atoms with Gasteiger partial charge >= 0.3 is 0 Å². The van der Waals surface area contributed by atoms with Crippen molar-refractivity contribution < 1.29 is 30.0 Å². The van der Waals surface area contributed by atoms with E-state index in [9.17, 15) is 15.0 Å². The smallest absolute Gasteiger partial charge is 0.194 e. The van der Waals surface area contributed by atoms with Gasteiger partial charge in [-0.05, 0) is 20.8 Å². The van der Waals surface area contributed by atoms with Gasteiger partial charge in [0.1, 0.15) is 18.3 Å². The zero-order valence-electron chi connectivity index (χ0n) is 9.75. The molecule has 6 nitrogen and oxygen atoms in total. The van der Waals surface area contributed by atoms with Crippen molar-refractivity contribution in [2.24, 2.45) is 0 Å². The molecule has 0 aliphatic carbocycles. The number of rotatable bonds is 6. The van der Waals surface area contributed by atoms with Gasteiger partial charge in [0.2, 0.25) is 0 Å². The van der Waals surface area contributed by atoms with Crippen LogP contribution in [0.2, 0.25) is 0 Å². The molecule has 4 N–H and O–H groups in total. The Morgan fingerprint density at radius 2 is 1.75 bits per heavy atom. The molecule has 0 aromatic heterocycles. The highest BCUT2D eigenvalue weighted by Crippen LogP contribution is 2.08. The molecule has 0 aliphatic heterocycles. The molecule has 6 heteroatoms. The van der Waals surface area contributed by atoms with Crippen molar-refractivity contribution in [1.29, 1.82) is 0 Å². The maximum absolute atomic E-state index is 11.3. The van der Waals surface area contributed by atoms with E-state index in [1.165, 1.54) is 0 Å². The van der Waals surface area contributed by atoms with Gasteiger partial charge in [0.05, 0.1) is 18.8 Å². The van der Waals surface area contributed by atoms with Crippen LogP contribution >= 0.6 is 0 Å². The lowest BCUT2D eigenvalue weighted by molar-refractivity contribution is -0.149. The molecule has 0 spiro atoms. The number of carbonyl (C=O) groups is 1. The van der Waals surface area contributed by atoms with Crippen molar-refractivity contribution in [3.05, 3.63) is 0 Å². The molecule has 0 saturated heterocycles. The van der Waals surface area contributed by atoms with Gasteiger partial charge < -0.3 is 25.2 Å². The first-order valence-corrected chi connectivity index (χ1v) is 5.01. The predicted octanol–water partition coefficient (Wildman–Crippen LogP) is -1.55. The molecule has 0 aromatic rings. The van der Waals surface area contributed by atoms with E-state index in [1.54, 1.807) is 20.8 Å². The molecular weight excluding hydrogens is 216 g/mol. The number of hydrogen-bond donors (Lipinski definition) is 4. The Morgan fingerprint density at radius 3 is 2.12 bits per heavy atom. The molecule has 96 valence electrons. The van der Waals surface area contributed by atoms with E-state index in [2.05, 4.69) is 0 Å². The van der Waals surface area contributed by atoms with Gasteiger partial charge in [-0.25, -0.2) is 0 Å². The quantitative estimate of drug-likeness (QED) is 0.444. The van der Waals surface area contributed by atoms with Crippen LogP contribution in [0, 0.1) is 0 Å². The van der Waals surface area contributed by atoms with Crippen LogP contribution in [0.15, 0.2) is 0 Å². The minimum absolute atomic E-state index is 0.266. The molecule has 0 heterocycles. The summed E-state index contributed by atoms with van der Waals surface area (Å²) in [5.74, 6) is -0.967. The Morgan fingerprint density at radius 1 is 1.25 bits per heavy atom. The SMILES string of the molecule is CC(C)(C)OCC(O)C(=O)C(O)C(O)CO. The summed E-state index contributed by atoms with van der Waals surface area (Å²) in [5.41, 5.74) is -0.512. The van der Waals surface area contributed by atoms with E-state index < -0.39 is 36.3 Å². The average molecular weight is 236 g/mol. The van der Waals surface area contributed by atoms with Crippen LogP contribution < -0.4 is 0 Å². The summed E-state index contributed by atoms with van der Waals surface area (Å²) in [6, 6.07) is 0. The fraction of sp³-hybridized carbons (Fsp3) is 0.900. The highest BCUT2D eigenvalue weighted by atomic mass is 16.5. The highest BCUT2D eigenvalue weighted by molar-refractivity contribution is 5.87. The number of carbonyl (C=O) groups excluding carboxylic acids is 1. The van der Waals surface area contributed by atoms with E-state index in [4.69, 9.17) is 14.9 Å². The Balaban J connectivity index is 4.18. The molecule has 0 aliphatic rings. The first-order chi connectivity index (χ1) is 7.19. The zero-order chi connectivity index (χ0) is 12.9. The number of Topliss-reactive ketones (excluding diaryl/α,β-unsaturated/α-hetero) is 1. The summed E-state index contributed by atoms with van der Waals surface area (Å²) in [7, 11) is 0. The molecule has 0 amide bonds. The lowest BCUT2D eigenvalue weighted by Gasteiger charge is -2.23. The monoisotopic (exact) mass is 236 g/mol. The van der Waals surface area contributed by atoms with Crippen molar-refractivity contribution in [3.63, 3.8) is 0 Å². The van der Waals surface area contributed by atoms with Crippen LogP contribution in [0.5, 0.6) is 0 Å². The molecule has 0 fully saturated rings. The van der Waals surface area contributed by atoms with Gasteiger partial charge in [-0.2, -0.15) is 0 Å². The third-order valence-corrected chi connectivity index (χ3v) is 1.85. The molecule has 3 unspecified atom stereocenters. The summed E-state index contributed by atoms with van der Waals surface area (Å²) < 4.78 is 5.15. The van der Waals surface area contributed by atoms with Crippen molar-refractivity contribution in [1.82, 2.24) is 0 Å². The van der Waals surface area contributed by atoms with Gasteiger partial charge in [0.15, 0.2) is 5.78 Å². The Kier molecular flexibility index (Phi) is 6.06. The topological polar surface area (TPSA) is 107 Å². The highest BCUT2D eigenvalue weighted by Gasteiger charge is 2.30. The fourth-order valence-corrected chi connectivity index (χ4v) is 0.898. The maximum Gasteiger partial charge on any atom is 0.194 e. The van der Waals surface area contributed by atoms with E-state index in [-0.39, 0.29) is 6.61 Å². The Bertz CT molecular complexity index is 222. The van der Waals surface area contributed by atoms with E-state index in [0.29, 0.717) is 0 Å². The molecule has 0 rings (SSSR count). The third-order valence-electron chi connectivity index (χ3n) is 1.85. The second-order valence-corrected chi connectivity index (χ2v) is 4.54. The summed E-state index contributed by atoms with van der Waals surface area (Å²) in [4.78, 5) is 11.3. The number of hydrogen-bond acceptors (Lipinski definition) is 6. The van der Waals surface area contributed by atoms with Crippen molar-refractivity contribution in [2.45, 2.75) is 44.7 Å². The lowest BCUT2D eigenvalue weighted by Crippen LogP contribution is -2.44. The molecule has 0 radical (unpaired) electrons. The fourth-order valence-electron chi connectivity index (χ4n) is 0.898.